The minimum Gasteiger partial charge on any atom is -0.353 e. The highest BCUT2D eigenvalue weighted by molar-refractivity contribution is 9.10. The van der Waals surface area contributed by atoms with Crippen molar-refractivity contribution in [3.63, 3.8) is 0 Å². The highest BCUT2D eigenvalue weighted by Crippen LogP contribution is 2.26. The van der Waals surface area contributed by atoms with Gasteiger partial charge in [0.2, 0.25) is 0 Å². The van der Waals surface area contributed by atoms with Crippen molar-refractivity contribution in [2.24, 2.45) is 0 Å². The van der Waals surface area contributed by atoms with E-state index in [1.807, 2.05) is 0 Å². The van der Waals surface area contributed by atoms with Crippen molar-refractivity contribution in [2.45, 2.75) is 31.7 Å². The number of rotatable bonds is 2. The molecule has 3 nitrogen and oxygen atoms in total. The first kappa shape index (κ1) is 13.3. The Hall–Kier alpha value is -0.680. The Morgan fingerprint density at radius 1 is 1.21 bits per heavy atom. The second-order valence-corrected chi connectivity index (χ2v) is 6.36. The molecule has 3 rings (SSSR count). The molecular weight excluding hydrogens is 309 g/mol. The van der Waals surface area contributed by atoms with E-state index in [1.54, 1.807) is 6.20 Å². The molecule has 2 aliphatic heterocycles. The maximum atomic E-state index is 13.9. The molecule has 0 bridgehead atoms. The lowest BCUT2D eigenvalue weighted by Crippen LogP contribution is -2.41. The first-order valence-electron chi connectivity index (χ1n) is 7.04. The van der Waals surface area contributed by atoms with Crippen LogP contribution >= 0.6 is 15.9 Å². The van der Waals surface area contributed by atoms with Gasteiger partial charge in [0.05, 0.1) is 0 Å². The van der Waals surface area contributed by atoms with Gasteiger partial charge >= 0.3 is 0 Å². The van der Waals surface area contributed by atoms with E-state index < -0.39 is 0 Å². The zero-order valence-electron chi connectivity index (χ0n) is 11.0. The fraction of sp³-hybridized carbons (Fsp3) is 0.643. The van der Waals surface area contributed by atoms with E-state index >= 15 is 0 Å². The van der Waals surface area contributed by atoms with Crippen molar-refractivity contribution < 1.29 is 4.39 Å². The molecule has 0 aromatic carbocycles. The molecule has 2 saturated heterocycles. The molecular formula is C14H19BrFN3. The second kappa shape index (κ2) is 5.75. The molecule has 0 amide bonds. The Morgan fingerprint density at radius 2 is 2.00 bits per heavy atom. The third-order valence-corrected chi connectivity index (χ3v) is 4.59. The van der Waals surface area contributed by atoms with Crippen LogP contribution in [0.15, 0.2) is 16.7 Å². The topological polar surface area (TPSA) is 19.4 Å². The molecule has 0 saturated carbocycles. The van der Waals surface area contributed by atoms with Crippen LogP contribution in [0.4, 0.5) is 10.2 Å². The molecule has 0 spiro atoms. The summed E-state index contributed by atoms with van der Waals surface area (Å²) in [6.07, 6.45) is 6.77. The van der Waals surface area contributed by atoms with Gasteiger partial charge in [-0.05, 0) is 54.3 Å². The van der Waals surface area contributed by atoms with Crippen molar-refractivity contribution in [2.75, 3.05) is 31.1 Å². The highest BCUT2D eigenvalue weighted by Gasteiger charge is 2.30. The third-order valence-electron chi connectivity index (χ3n) is 4.16. The van der Waals surface area contributed by atoms with Crippen LogP contribution in [0, 0.1) is 5.82 Å². The van der Waals surface area contributed by atoms with Crippen molar-refractivity contribution in [1.29, 1.82) is 0 Å². The molecule has 1 aromatic rings. The SMILES string of the molecule is Fc1cc(Br)cnc1N1CCC(N2CCCCC2)C1. The average molecular weight is 328 g/mol. The summed E-state index contributed by atoms with van der Waals surface area (Å²) in [6, 6.07) is 2.07. The summed E-state index contributed by atoms with van der Waals surface area (Å²) in [6.45, 7) is 4.22. The van der Waals surface area contributed by atoms with Crippen LogP contribution in [0.3, 0.4) is 0 Å². The van der Waals surface area contributed by atoms with E-state index in [0.717, 1.165) is 19.5 Å². The fourth-order valence-electron chi connectivity index (χ4n) is 3.16. The van der Waals surface area contributed by atoms with Gasteiger partial charge in [0, 0.05) is 29.8 Å². The number of aromatic nitrogens is 1. The Labute approximate surface area is 121 Å². The molecule has 2 fully saturated rings. The normalized spacial score (nSPS) is 24.9. The van der Waals surface area contributed by atoms with Crippen LogP contribution in [0.5, 0.6) is 0 Å². The highest BCUT2D eigenvalue weighted by atomic mass is 79.9. The van der Waals surface area contributed by atoms with E-state index in [1.165, 1.54) is 38.4 Å². The third kappa shape index (κ3) is 2.92. The quantitative estimate of drug-likeness (QED) is 0.832. The van der Waals surface area contributed by atoms with Gasteiger partial charge in [-0.15, -0.1) is 0 Å². The van der Waals surface area contributed by atoms with Gasteiger partial charge < -0.3 is 4.90 Å². The summed E-state index contributed by atoms with van der Waals surface area (Å²) in [5.41, 5.74) is 0. The number of halogens is 2. The molecule has 1 unspecified atom stereocenters. The summed E-state index contributed by atoms with van der Waals surface area (Å²) >= 11 is 3.25. The van der Waals surface area contributed by atoms with Crippen LogP contribution in [0.25, 0.3) is 0 Å². The predicted octanol–water partition coefficient (Wildman–Crippen LogP) is 3.05. The van der Waals surface area contributed by atoms with Crippen LogP contribution in [0.2, 0.25) is 0 Å². The Balaban J connectivity index is 1.67. The Kier molecular flexibility index (Phi) is 4.03. The lowest BCUT2D eigenvalue weighted by atomic mass is 10.1. The van der Waals surface area contributed by atoms with Crippen molar-refractivity contribution in [3.8, 4) is 0 Å². The van der Waals surface area contributed by atoms with Crippen LogP contribution in [-0.4, -0.2) is 42.1 Å². The summed E-state index contributed by atoms with van der Waals surface area (Å²) in [4.78, 5) is 8.88. The van der Waals surface area contributed by atoms with Crippen LogP contribution < -0.4 is 4.90 Å². The minimum absolute atomic E-state index is 0.228. The Bertz CT molecular complexity index is 448. The molecule has 1 atom stereocenters. The zero-order valence-corrected chi connectivity index (χ0v) is 12.6. The first-order chi connectivity index (χ1) is 9.24. The smallest absolute Gasteiger partial charge is 0.166 e. The molecule has 3 heterocycles. The van der Waals surface area contributed by atoms with E-state index in [2.05, 4.69) is 30.7 Å². The molecule has 0 radical (unpaired) electrons. The number of likely N-dealkylation sites (tertiary alicyclic amines) is 1. The molecule has 19 heavy (non-hydrogen) atoms. The van der Waals surface area contributed by atoms with E-state index in [9.17, 15) is 4.39 Å². The lowest BCUT2D eigenvalue weighted by Gasteiger charge is -2.32. The van der Waals surface area contributed by atoms with Gasteiger partial charge in [-0.2, -0.15) is 0 Å². The van der Waals surface area contributed by atoms with Gasteiger partial charge in [0.15, 0.2) is 11.6 Å². The monoisotopic (exact) mass is 327 g/mol. The summed E-state index contributed by atoms with van der Waals surface area (Å²) in [7, 11) is 0. The van der Waals surface area contributed by atoms with Gasteiger partial charge in [-0.1, -0.05) is 6.42 Å². The molecule has 5 heteroatoms. The number of hydrogen-bond donors (Lipinski definition) is 0. The Morgan fingerprint density at radius 3 is 2.74 bits per heavy atom. The summed E-state index contributed by atoms with van der Waals surface area (Å²) in [5, 5.41) is 0. The second-order valence-electron chi connectivity index (χ2n) is 5.44. The number of anilines is 1. The van der Waals surface area contributed by atoms with Gasteiger partial charge in [0.1, 0.15) is 0 Å². The number of hydrogen-bond acceptors (Lipinski definition) is 3. The van der Waals surface area contributed by atoms with Gasteiger partial charge in [-0.25, -0.2) is 9.37 Å². The maximum Gasteiger partial charge on any atom is 0.166 e. The number of pyridine rings is 1. The van der Waals surface area contributed by atoms with Gasteiger partial charge in [-0.3, -0.25) is 4.90 Å². The fourth-order valence-corrected chi connectivity index (χ4v) is 3.46. The average Bonchev–Trinajstić information content (AvgIpc) is 2.89. The maximum absolute atomic E-state index is 13.9. The molecule has 104 valence electrons. The predicted molar refractivity (Wildman–Crippen MR) is 77.9 cm³/mol. The largest absolute Gasteiger partial charge is 0.353 e. The van der Waals surface area contributed by atoms with E-state index in [-0.39, 0.29) is 5.82 Å². The summed E-state index contributed by atoms with van der Waals surface area (Å²) < 4.78 is 14.6. The first-order valence-corrected chi connectivity index (χ1v) is 7.83. The van der Waals surface area contributed by atoms with E-state index in [4.69, 9.17) is 0 Å². The van der Waals surface area contributed by atoms with Gasteiger partial charge in [0.25, 0.3) is 0 Å². The van der Waals surface area contributed by atoms with Crippen LogP contribution in [0.1, 0.15) is 25.7 Å². The van der Waals surface area contributed by atoms with E-state index in [0.29, 0.717) is 16.3 Å². The van der Waals surface area contributed by atoms with Crippen molar-refractivity contribution in [1.82, 2.24) is 9.88 Å². The number of nitrogens with zero attached hydrogens (tertiary/aromatic N) is 3. The molecule has 2 aliphatic rings. The molecule has 0 N–H and O–H groups in total. The number of piperidine rings is 1. The minimum atomic E-state index is -0.228. The lowest BCUT2D eigenvalue weighted by molar-refractivity contribution is 0.174. The zero-order chi connectivity index (χ0) is 13.2. The van der Waals surface area contributed by atoms with Crippen LogP contribution in [-0.2, 0) is 0 Å². The summed E-state index contributed by atoms with van der Waals surface area (Å²) in [5.74, 6) is 0.274. The molecule has 1 aromatic heterocycles. The molecule has 0 aliphatic carbocycles. The van der Waals surface area contributed by atoms with Crippen molar-refractivity contribution in [3.05, 3.63) is 22.6 Å². The van der Waals surface area contributed by atoms with Crippen molar-refractivity contribution >= 4 is 21.7 Å². The standard InChI is InChI=1S/C14H19BrFN3/c15-11-8-13(16)14(17-9-11)19-7-4-12(10-19)18-5-2-1-3-6-18/h8-9,12H,1-7,10H2.